The first-order valence-corrected chi connectivity index (χ1v) is 7.69. The van der Waals surface area contributed by atoms with Gasteiger partial charge in [0.05, 0.1) is 18.2 Å². The van der Waals surface area contributed by atoms with E-state index in [0.29, 0.717) is 18.2 Å². The molecule has 3 rings (SSSR count). The van der Waals surface area contributed by atoms with Crippen molar-refractivity contribution in [3.63, 3.8) is 0 Å². The summed E-state index contributed by atoms with van der Waals surface area (Å²) in [6, 6.07) is 2.74. The zero-order chi connectivity index (χ0) is 14.3. The van der Waals surface area contributed by atoms with Gasteiger partial charge in [0.15, 0.2) is 5.78 Å². The molecule has 2 heterocycles. The molecular formula is C16H24N2O2. The molecule has 0 radical (unpaired) electrons. The number of aromatic nitrogens is 1. The Morgan fingerprint density at radius 3 is 2.75 bits per heavy atom. The maximum Gasteiger partial charge on any atom is 0.156 e. The Bertz CT molecular complexity index is 497. The van der Waals surface area contributed by atoms with Gasteiger partial charge in [-0.25, -0.2) is 0 Å². The van der Waals surface area contributed by atoms with E-state index in [4.69, 9.17) is 4.52 Å². The second-order valence-corrected chi connectivity index (χ2v) is 7.20. The smallest absolute Gasteiger partial charge is 0.156 e. The van der Waals surface area contributed by atoms with E-state index in [0.717, 1.165) is 30.8 Å². The molecule has 110 valence electrons. The molecule has 4 heteroatoms. The van der Waals surface area contributed by atoms with Crippen molar-refractivity contribution in [2.75, 3.05) is 6.54 Å². The molecule has 2 aliphatic rings. The SMILES string of the molecule is CC(C)(C)c1cc(CC(=O)[C@@H]2CCCN2C2CC2)no1. The van der Waals surface area contributed by atoms with Crippen molar-refractivity contribution < 1.29 is 9.32 Å². The van der Waals surface area contributed by atoms with Crippen LogP contribution in [0.15, 0.2) is 10.6 Å². The average molecular weight is 276 g/mol. The second kappa shape index (κ2) is 4.99. The quantitative estimate of drug-likeness (QED) is 0.848. The normalized spacial score (nSPS) is 24.2. The van der Waals surface area contributed by atoms with Gasteiger partial charge in [0.25, 0.3) is 0 Å². The predicted octanol–water partition coefficient (Wildman–Crippen LogP) is 2.71. The number of Topliss-reactive ketones (excluding diaryl/α,β-unsaturated/α-hetero) is 1. The molecule has 1 atom stereocenters. The van der Waals surface area contributed by atoms with Gasteiger partial charge in [0, 0.05) is 17.5 Å². The summed E-state index contributed by atoms with van der Waals surface area (Å²) >= 11 is 0. The van der Waals surface area contributed by atoms with E-state index in [1.807, 2.05) is 6.07 Å². The summed E-state index contributed by atoms with van der Waals surface area (Å²) in [5, 5.41) is 4.07. The topological polar surface area (TPSA) is 46.3 Å². The monoisotopic (exact) mass is 276 g/mol. The van der Waals surface area contributed by atoms with E-state index in [1.165, 1.54) is 12.8 Å². The van der Waals surface area contributed by atoms with E-state index in [1.54, 1.807) is 0 Å². The molecule has 0 unspecified atom stereocenters. The molecule has 0 amide bonds. The summed E-state index contributed by atoms with van der Waals surface area (Å²) in [5.74, 6) is 1.16. The zero-order valence-corrected chi connectivity index (χ0v) is 12.7. The lowest BCUT2D eigenvalue weighted by molar-refractivity contribution is -0.122. The number of carbonyl (C=O) groups is 1. The Kier molecular flexibility index (Phi) is 3.44. The minimum absolute atomic E-state index is 0.0539. The van der Waals surface area contributed by atoms with E-state index >= 15 is 0 Å². The molecule has 4 nitrogen and oxygen atoms in total. The van der Waals surface area contributed by atoms with Crippen LogP contribution in [0.4, 0.5) is 0 Å². The number of rotatable bonds is 4. The van der Waals surface area contributed by atoms with Crippen LogP contribution in [-0.2, 0) is 16.6 Å². The number of hydrogen-bond acceptors (Lipinski definition) is 4. The van der Waals surface area contributed by atoms with Crippen LogP contribution in [0.5, 0.6) is 0 Å². The first-order chi connectivity index (χ1) is 9.45. The number of hydrogen-bond donors (Lipinski definition) is 0. The van der Waals surface area contributed by atoms with Gasteiger partial charge in [-0.1, -0.05) is 25.9 Å². The fourth-order valence-electron chi connectivity index (χ4n) is 3.02. The molecule has 2 fully saturated rings. The minimum Gasteiger partial charge on any atom is -0.361 e. The fraction of sp³-hybridized carbons (Fsp3) is 0.750. The Balaban J connectivity index is 1.65. The van der Waals surface area contributed by atoms with Crippen molar-refractivity contribution in [3.05, 3.63) is 17.5 Å². The maximum atomic E-state index is 12.5. The summed E-state index contributed by atoms with van der Waals surface area (Å²) in [7, 11) is 0. The molecule has 1 aromatic rings. The number of carbonyl (C=O) groups excluding carboxylic acids is 1. The van der Waals surface area contributed by atoms with Gasteiger partial charge in [-0.05, 0) is 32.2 Å². The Labute approximate surface area is 120 Å². The molecule has 0 spiro atoms. The fourth-order valence-corrected chi connectivity index (χ4v) is 3.02. The molecule has 1 aliphatic carbocycles. The highest BCUT2D eigenvalue weighted by Crippen LogP contribution is 2.34. The predicted molar refractivity (Wildman–Crippen MR) is 76.7 cm³/mol. The molecule has 1 saturated heterocycles. The van der Waals surface area contributed by atoms with Gasteiger partial charge in [0.1, 0.15) is 5.76 Å². The highest BCUT2D eigenvalue weighted by atomic mass is 16.5. The average Bonchev–Trinajstić information content (AvgIpc) is 2.91. The third-order valence-electron chi connectivity index (χ3n) is 4.34. The zero-order valence-electron chi connectivity index (χ0n) is 12.7. The summed E-state index contributed by atoms with van der Waals surface area (Å²) in [5.41, 5.74) is 0.726. The summed E-state index contributed by atoms with van der Waals surface area (Å²) in [6.07, 6.45) is 5.11. The van der Waals surface area contributed by atoms with Crippen molar-refractivity contribution in [1.29, 1.82) is 0 Å². The minimum atomic E-state index is -0.0539. The molecular weight excluding hydrogens is 252 g/mol. The van der Waals surface area contributed by atoms with Gasteiger partial charge in [0.2, 0.25) is 0 Å². The number of likely N-dealkylation sites (tertiary alicyclic amines) is 1. The van der Waals surface area contributed by atoms with E-state index in [-0.39, 0.29) is 11.5 Å². The maximum absolute atomic E-state index is 12.5. The van der Waals surface area contributed by atoms with Crippen LogP contribution < -0.4 is 0 Å². The van der Waals surface area contributed by atoms with Crippen LogP contribution in [0.3, 0.4) is 0 Å². The third kappa shape index (κ3) is 2.80. The summed E-state index contributed by atoms with van der Waals surface area (Å²) in [6.45, 7) is 7.36. The third-order valence-corrected chi connectivity index (χ3v) is 4.34. The Hall–Kier alpha value is -1.16. The summed E-state index contributed by atoms with van der Waals surface area (Å²) < 4.78 is 5.36. The number of ketones is 1. The second-order valence-electron chi connectivity index (χ2n) is 7.20. The van der Waals surface area contributed by atoms with Gasteiger partial charge in [-0.2, -0.15) is 0 Å². The Morgan fingerprint density at radius 1 is 1.40 bits per heavy atom. The first kappa shape index (κ1) is 13.8. The van der Waals surface area contributed by atoms with Crippen molar-refractivity contribution >= 4 is 5.78 Å². The highest BCUT2D eigenvalue weighted by molar-refractivity contribution is 5.86. The van der Waals surface area contributed by atoms with Gasteiger partial charge >= 0.3 is 0 Å². The van der Waals surface area contributed by atoms with Crippen molar-refractivity contribution in [1.82, 2.24) is 10.1 Å². The lowest BCUT2D eigenvalue weighted by Gasteiger charge is -2.22. The van der Waals surface area contributed by atoms with Crippen LogP contribution in [0.1, 0.15) is 57.9 Å². The molecule has 1 aliphatic heterocycles. The molecule has 1 saturated carbocycles. The largest absolute Gasteiger partial charge is 0.361 e. The van der Waals surface area contributed by atoms with Crippen LogP contribution in [-0.4, -0.2) is 34.5 Å². The van der Waals surface area contributed by atoms with Gasteiger partial charge in [-0.3, -0.25) is 9.69 Å². The van der Waals surface area contributed by atoms with E-state index in [9.17, 15) is 4.79 Å². The van der Waals surface area contributed by atoms with Crippen LogP contribution in [0.25, 0.3) is 0 Å². The molecule has 20 heavy (non-hydrogen) atoms. The van der Waals surface area contributed by atoms with Crippen LogP contribution in [0, 0.1) is 0 Å². The number of nitrogens with zero attached hydrogens (tertiary/aromatic N) is 2. The molecule has 0 N–H and O–H groups in total. The first-order valence-electron chi connectivity index (χ1n) is 7.69. The van der Waals surface area contributed by atoms with Crippen molar-refractivity contribution in [2.45, 2.75) is 70.4 Å². The molecule has 0 aromatic carbocycles. The van der Waals surface area contributed by atoms with Gasteiger partial charge < -0.3 is 4.52 Å². The molecule has 1 aromatic heterocycles. The van der Waals surface area contributed by atoms with E-state index < -0.39 is 0 Å². The van der Waals surface area contributed by atoms with Gasteiger partial charge in [-0.15, -0.1) is 0 Å². The summed E-state index contributed by atoms with van der Waals surface area (Å²) in [4.78, 5) is 14.9. The molecule has 0 bridgehead atoms. The Morgan fingerprint density at radius 2 is 2.15 bits per heavy atom. The lowest BCUT2D eigenvalue weighted by Crippen LogP contribution is -2.38. The lowest BCUT2D eigenvalue weighted by atomic mass is 9.93. The highest BCUT2D eigenvalue weighted by Gasteiger charge is 2.39. The van der Waals surface area contributed by atoms with Crippen molar-refractivity contribution in [3.8, 4) is 0 Å². The van der Waals surface area contributed by atoms with E-state index in [2.05, 4.69) is 30.8 Å². The van der Waals surface area contributed by atoms with Crippen LogP contribution in [0.2, 0.25) is 0 Å². The van der Waals surface area contributed by atoms with Crippen molar-refractivity contribution in [2.24, 2.45) is 0 Å². The van der Waals surface area contributed by atoms with Crippen LogP contribution >= 0.6 is 0 Å². The standard InChI is InChI=1S/C16H24N2O2/c1-16(2,3)15-10-11(17-20-15)9-14(19)13-5-4-8-18(13)12-6-7-12/h10,12-13H,4-9H2,1-3H3/t13-/m0/s1.